The number of hydrogen-bond donors (Lipinski definition) is 2. The van der Waals surface area contributed by atoms with Gasteiger partial charge in [-0.1, -0.05) is 11.6 Å². The number of hydrogen-bond acceptors (Lipinski definition) is 5. The van der Waals surface area contributed by atoms with Crippen LogP contribution in [-0.4, -0.2) is 20.9 Å². The van der Waals surface area contributed by atoms with Crippen molar-refractivity contribution in [1.82, 2.24) is 4.72 Å². The summed E-state index contributed by atoms with van der Waals surface area (Å²) in [6.45, 7) is 0.324. The molecule has 0 fully saturated rings. The van der Waals surface area contributed by atoms with Crippen LogP contribution in [0.25, 0.3) is 0 Å². The topological polar surface area (TPSA) is 97.6 Å². The molecular formula is C21H19ClN2O5S. The van der Waals surface area contributed by atoms with Crippen molar-refractivity contribution < 1.29 is 22.4 Å². The minimum atomic E-state index is -3.69. The molecule has 0 radical (unpaired) electrons. The molecule has 30 heavy (non-hydrogen) atoms. The van der Waals surface area contributed by atoms with Crippen LogP contribution in [0.1, 0.15) is 11.3 Å². The van der Waals surface area contributed by atoms with E-state index in [-0.39, 0.29) is 29.9 Å². The van der Waals surface area contributed by atoms with Crippen LogP contribution in [0, 0.1) is 5.92 Å². The fourth-order valence-electron chi connectivity index (χ4n) is 3.16. The van der Waals surface area contributed by atoms with Gasteiger partial charge in [0, 0.05) is 10.7 Å². The molecule has 0 saturated heterocycles. The Morgan fingerprint density at radius 2 is 1.93 bits per heavy atom. The van der Waals surface area contributed by atoms with E-state index >= 15 is 0 Å². The summed E-state index contributed by atoms with van der Waals surface area (Å²) in [7, 11) is -3.69. The number of fused-ring (bicyclic) bond motifs is 1. The number of ether oxygens (including phenoxy) is 1. The van der Waals surface area contributed by atoms with Gasteiger partial charge in [-0.15, -0.1) is 0 Å². The molecule has 4 rings (SSSR count). The Morgan fingerprint density at radius 3 is 2.67 bits per heavy atom. The second-order valence-corrected chi connectivity index (χ2v) is 9.09. The Bertz CT molecular complexity index is 1140. The summed E-state index contributed by atoms with van der Waals surface area (Å²) in [6.07, 6.45) is 2.00. The van der Waals surface area contributed by atoms with Crippen LogP contribution in [0.3, 0.4) is 0 Å². The zero-order chi connectivity index (χ0) is 21.1. The smallest absolute Gasteiger partial charge is 0.240 e. The van der Waals surface area contributed by atoms with Gasteiger partial charge >= 0.3 is 0 Å². The molecule has 2 N–H and O–H groups in total. The van der Waals surface area contributed by atoms with E-state index in [0.717, 1.165) is 11.3 Å². The number of sulfonamides is 1. The summed E-state index contributed by atoms with van der Waals surface area (Å²) in [4.78, 5) is 12.7. The van der Waals surface area contributed by atoms with Crippen molar-refractivity contribution in [2.24, 2.45) is 5.92 Å². The van der Waals surface area contributed by atoms with Gasteiger partial charge in [-0.2, -0.15) is 0 Å². The molecule has 156 valence electrons. The summed E-state index contributed by atoms with van der Waals surface area (Å²) >= 11 is 6.02. The number of nitrogens with one attached hydrogen (secondary N) is 2. The third kappa shape index (κ3) is 4.67. The van der Waals surface area contributed by atoms with E-state index in [2.05, 4.69) is 10.0 Å². The number of carbonyl (C=O) groups excluding carboxylic acids is 1. The van der Waals surface area contributed by atoms with E-state index in [9.17, 15) is 13.2 Å². The summed E-state index contributed by atoms with van der Waals surface area (Å²) < 4.78 is 38.0. The molecule has 2 aromatic carbocycles. The molecule has 0 bridgehead atoms. The lowest BCUT2D eigenvalue weighted by atomic mass is 9.96. The van der Waals surface area contributed by atoms with Crippen molar-refractivity contribution in [3.8, 4) is 5.75 Å². The second kappa shape index (κ2) is 8.51. The molecule has 7 nitrogen and oxygen atoms in total. The molecule has 1 aromatic heterocycles. The minimum Gasteiger partial charge on any atom is -0.492 e. The van der Waals surface area contributed by atoms with Gasteiger partial charge in [-0.25, -0.2) is 13.1 Å². The summed E-state index contributed by atoms with van der Waals surface area (Å²) in [5.74, 6) is 0.682. The van der Waals surface area contributed by atoms with Crippen molar-refractivity contribution in [3.63, 3.8) is 0 Å². The lowest BCUT2D eigenvalue weighted by Crippen LogP contribution is -2.32. The van der Waals surface area contributed by atoms with Crippen molar-refractivity contribution in [2.45, 2.75) is 17.9 Å². The van der Waals surface area contributed by atoms with Crippen LogP contribution in [0.15, 0.2) is 70.2 Å². The largest absolute Gasteiger partial charge is 0.492 e. The summed E-state index contributed by atoms with van der Waals surface area (Å²) in [5.41, 5.74) is 1.39. The highest BCUT2D eigenvalue weighted by molar-refractivity contribution is 7.89. The monoisotopic (exact) mass is 446 g/mol. The first-order valence-corrected chi connectivity index (χ1v) is 11.1. The average molecular weight is 447 g/mol. The normalized spacial score (nSPS) is 15.8. The van der Waals surface area contributed by atoms with Gasteiger partial charge in [0.1, 0.15) is 18.1 Å². The van der Waals surface area contributed by atoms with Crippen LogP contribution in [0.4, 0.5) is 5.69 Å². The van der Waals surface area contributed by atoms with Crippen molar-refractivity contribution in [3.05, 3.63) is 77.2 Å². The standard InChI is InChI=1S/C21H19ClN2O5S/c22-16-3-8-20-14(11-16)10-15(13-29-20)21(25)24-17-4-6-19(7-5-17)30(26,27)23-12-18-2-1-9-28-18/h1-9,11,15,23H,10,12-13H2,(H,24,25)/t15-/m0/s1. The molecule has 0 unspecified atom stereocenters. The summed E-state index contributed by atoms with van der Waals surface area (Å²) in [6, 6.07) is 14.7. The number of anilines is 1. The maximum atomic E-state index is 12.6. The number of furan rings is 1. The van der Waals surface area contributed by atoms with Gasteiger partial charge in [0.15, 0.2) is 0 Å². The van der Waals surface area contributed by atoms with Crippen LogP contribution in [0.5, 0.6) is 5.75 Å². The molecule has 3 aromatic rings. The van der Waals surface area contributed by atoms with E-state index in [4.69, 9.17) is 20.8 Å². The van der Waals surface area contributed by atoms with E-state index in [0.29, 0.717) is 22.9 Å². The van der Waals surface area contributed by atoms with Crippen LogP contribution in [-0.2, 0) is 27.8 Å². The fourth-order valence-corrected chi connectivity index (χ4v) is 4.34. The molecule has 0 spiro atoms. The number of halogens is 1. The van der Waals surface area contributed by atoms with Crippen LogP contribution < -0.4 is 14.8 Å². The van der Waals surface area contributed by atoms with Crippen LogP contribution >= 0.6 is 11.6 Å². The predicted molar refractivity (Wildman–Crippen MR) is 112 cm³/mol. The summed E-state index contributed by atoms with van der Waals surface area (Å²) in [5, 5.41) is 3.40. The van der Waals surface area contributed by atoms with Gasteiger partial charge in [0.05, 0.1) is 23.6 Å². The molecule has 0 saturated carbocycles. The van der Waals surface area contributed by atoms with Crippen LogP contribution in [0.2, 0.25) is 5.02 Å². The van der Waals surface area contributed by atoms with Crippen molar-refractivity contribution in [2.75, 3.05) is 11.9 Å². The van der Waals surface area contributed by atoms with Crippen molar-refractivity contribution in [1.29, 1.82) is 0 Å². The highest BCUT2D eigenvalue weighted by Crippen LogP contribution is 2.30. The third-order valence-corrected chi connectivity index (χ3v) is 6.40. The lowest BCUT2D eigenvalue weighted by molar-refractivity contribution is -0.121. The zero-order valence-electron chi connectivity index (χ0n) is 15.8. The lowest BCUT2D eigenvalue weighted by Gasteiger charge is -2.24. The van der Waals surface area contributed by atoms with E-state index in [1.165, 1.54) is 18.4 Å². The molecule has 1 atom stereocenters. The highest BCUT2D eigenvalue weighted by Gasteiger charge is 2.26. The first kappa shape index (κ1) is 20.5. The van der Waals surface area contributed by atoms with Gasteiger partial charge in [-0.05, 0) is 66.6 Å². The Labute approximate surface area is 179 Å². The maximum absolute atomic E-state index is 12.6. The van der Waals surface area contributed by atoms with Gasteiger partial charge < -0.3 is 14.5 Å². The highest BCUT2D eigenvalue weighted by atomic mass is 35.5. The third-order valence-electron chi connectivity index (χ3n) is 4.75. The Balaban J connectivity index is 1.38. The molecular weight excluding hydrogens is 428 g/mol. The molecule has 0 aliphatic carbocycles. The van der Waals surface area contributed by atoms with Gasteiger partial charge in [0.25, 0.3) is 0 Å². The first-order chi connectivity index (χ1) is 14.4. The number of benzene rings is 2. The second-order valence-electron chi connectivity index (χ2n) is 6.88. The number of amides is 1. The average Bonchev–Trinajstić information content (AvgIpc) is 3.26. The maximum Gasteiger partial charge on any atom is 0.240 e. The Hall–Kier alpha value is -2.81. The number of carbonyl (C=O) groups is 1. The van der Waals surface area contributed by atoms with Gasteiger partial charge in [0.2, 0.25) is 15.9 Å². The van der Waals surface area contributed by atoms with E-state index in [1.807, 2.05) is 0 Å². The van der Waals surface area contributed by atoms with E-state index < -0.39 is 10.0 Å². The zero-order valence-corrected chi connectivity index (χ0v) is 17.4. The Morgan fingerprint density at radius 1 is 1.13 bits per heavy atom. The minimum absolute atomic E-state index is 0.0565. The quantitative estimate of drug-likeness (QED) is 0.603. The molecule has 9 heteroatoms. The first-order valence-electron chi connectivity index (χ1n) is 9.25. The molecule has 2 heterocycles. The molecule has 1 aliphatic heterocycles. The molecule has 1 amide bonds. The Kier molecular flexibility index (Phi) is 5.80. The number of rotatable bonds is 6. The predicted octanol–water partition coefficient (Wildman–Crippen LogP) is 3.60. The fraction of sp³-hybridized carbons (Fsp3) is 0.190. The van der Waals surface area contributed by atoms with Crippen molar-refractivity contribution >= 4 is 33.2 Å². The SMILES string of the molecule is O=C(Nc1ccc(S(=O)(=O)NCc2ccco2)cc1)[C@@H]1COc2ccc(Cl)cc2C1. The molecule has 1 aliphatic rings. The van der Waals surface area contributed by atoms with E-state index in [1.54, 1.807) is 42.5 Å². The van der Waals surface area contributed by atoms with Gasteiger partial charge in [-0.3, -0.25) is 4.79 Å².